The van der Waals surface area contributed by atoms with Crippen molar-refractivity contribution in [3.63, 3.8) is 0 Å². The van der Waals surface area contributed by atoms with Crippen LogP contribution >= 0.6 is 0 Å². The number of carbonyl (C=O) groups is 2. The molecule has 6 nitrogen and oxygen atoms in total. The van der Waals surface area contributed by atoms with Crippen LogP contribution in [0.15, 0.2) is 59.9 Å². The minimum atomic E-state index is -0.948. The second-order valence-corrected chi connectivity index (χ2v) is 5.79. The van der Waals surface area contributed by atoms with E-state index in [-0.39, 0.29) is 11.3 Å². The van der Waals surface area contributed by atoms with Crippen LogP contribution in [0, 0.1) is 11.8 Å². The lowest BCUT2D eigenvalue weighted by atomic mass is 9.97. The largest absolute Gasteiger partial charge is 0.497 e. The molecule has 1 aliphatic heterocycles. The summed E-state index contributed by atoms with van der Waals surface area (Å²) >= 11 is 0. The topological polar surface area (TPSA) is 71.1 Å². The summed E-state index contributed by atoms with van der Waals surface area (Å²) in [4.78, 5) is 24.3. The van der Waals surface area contributed by atoms with Crippen molar-refractivity contribution in [2.24, 2.45) is 0 Å². The zero-order chi connectivity index (χ0) is 20.1. The SMILES string of the molecule is COC(=O)C1=C(OC)C(=O)O[C@@H]1c1ccccc1C#Cc1ccc(OC)cc1. The molecule has 0 unspecified atom stereocenters. The third kappa shape index (κ3) is 3.69. The molecule has 1 heterocycles. The molecule has 6 heteroatoms. The fraction of sp³-hybridized carbons (Fsp3) is 0.182. The Hall–Kier alpha value is -3.72. The number of rotatable bonds is 4. The quantitative estimate of drug-likeness (QED) is 0.602. The summed E-state index contributed by atoms with van der Waals surface area (Å²) in [6, 6.07) is 14.4. The highest BCUT2D eigenvalue weighted by atomic mass is 16.6. The molecule has 0 N–H and O–H groups in total. The first-order valence-corrected chi connectivity index (χ1v) is 8.41. The van der Waals surface area contributed by atoms with Gasteiger partial charge in [0.25, 0.3) is 0 Å². The van der Waals surface area contributed by atoms with Gasteiger partial charge in [-0.05, 0) is 30.3 Å². The second kappa shape index (κ2) is 8.31. The predicted octanol–water partition coefficient (Wildman–Crippen LogP) is 2.77. The summed E-state index contributed by atoms with van der Waals surface area (Å²) in [6.45, 7) is 0. The third-order valence-corrected chi connectivity index (χ3v) is 4.20. The lowest BCUT2D eigenvalue weighted by Crippen LogP contribution is -2.13. The van der Waals surface area contributed by atoms with Crippen molar-refractivity contribution in [2.45, 2.75) is 6.10 Å². The molecule has 1 aliphatic rings. The zero-order valence-electron chi connectivity index (χ0n) is 15.6. The molecule has 0 spiro atoms. The van der Waals surface area contributed by atoms with Crippen LogP contribution in [0.5, 0.6) is 5.75 Å². The molecule has 0 saturated heterocycles. The van der Waals surface area contributed by atoms with Gasteiger partial charge in [0.05, 0.1) is 21.3 Å². The minimum Gasteiger partial charge on any atom is -0.497 e. The molecular formula is C22H18O6. The molecule has 0 aromatic heterocycles. The van der Waals surface area contributed by atoms with Crippen molar-refractivity contribution in [3.05, 3.63) is 76.6 Å². The predicted molar refractivity (Wildman–Crippen MR) is 100 cm³/mol. The Bertz CT molecular complexity index is 992. The number of cyclic esters (lactones) is 1. The molecule has 2 aromatic carbocycles. The Kier molecular flexibility index (Phi) is 5.66. The number of methoxy groups -OCH3 is 3. The van der Waals surface area contributed by atoms with Crippen LogP contribution in [0.1, 0.15) is 22.8 Å². The van der Waals surface area contributed by atoms with E-state index in [4.69, 9.17) is 18.9 Å². The van der Waals surface area contributed by atoms with E-state index >= 15 is 0 Å². The van der Waals surface area contributed by atoms with Crippen molar-refractivity contribution in [3.8, 4) is 17.6 Å². The van der Waals surface area contributed by atoms with Gasteiger partial charge in [-0.3, -0.25) is 0 Å². The Labute approximate surface area is 162 Å². The first kappa shape index (κ1) is 19.1. The van der Waals surface area contributed by atoms with Crippen LogP contribution in [-0.4, -0.2) is 33.3 Å². The van der Waals surface area contributed by atoms with Crippen molar-refractivity contribution < 1.29 is 28.5 Å². The summed E-state index contributed by atoms with van der Waals surface area (Å²) in [7, 11) is 4.13. The van der Waals surface area contributed by atoms with Crippen LogP contribution in [0.3, 0.4) is 0 Å². The molecule has 0 aliphatic carbocycles. The average Bonchev–Trinajstić information content (AvgIpc) is 3.08. The summed E-state index contributed by atoms with van der Waals surface area (Å²) in [5.41, 5.74) is 2.01. The van der Waals surface area contributed by atoms with E-state index in [1.54, 1.807) is 25.3 Å². The van der Waals surface area contributed by atoms with Gasteiger partial charge in [-0.25, -0.2) is 9.59 Å². The molecule has 0 saturated carbocycles. The summed E-state index contributed by atoms with van der Waals surface area (Å²) in [5.74, 6) is 5.31. The van der Waals surface area contributed by atoms with Gasteiger partial charge in [0, 0.05) is 16.7 Å². The Morgan fingerprint density at radius 3 is 2.32 bits per heavy atom. The second-order valence-electron chi connectivity index (χ2n) is 5.79. The Balaban J connectivity index is 2.01. The van der Waals surface area contributed by atoms with E-state index in [9.17, 15) is 9.59 Å². The highest BCUT2D eigenvalue weighted by Gasteiger charge is 2.42. The van der Waals surface area contributed by atoms with Gasteiger partial charge in [0.2, 0.25) is 5.76 Å². The number of benzene rings is 2. The molecule has 3 rings (SSSR count). The monoisotopic (exact) mass is 378 g/mol. The van der Waals surface area contributed by atoms with E-state index in [0.29, 0.717) is 11.1 Å². The molecule has 28 heavy (non-hydrogen) atoms. The number of carbonyl (C=O) groups excluding carboxylic acids is 2. The maximum atomic E-state index is 12.2. The standard InChI is InChI=1S/C22H18O6/c1-25-16-12-9-14(10-13-16)8-11-15-6-4-5-7-17(15)19-18(21(23)27-3)20(26-2)22(24)28-19/h4-7,9-10,12-13,19H,1-3H3/t19-/m1/s1. The summed E-state index contributed by atoms with van der Waals surface area (Å²) < 4.78 is 20.4. The summed E-state index contributed by atoms with van der Waals surface area (Å²) in [5, 5.41) is 0. The van der Waals surface area contributed by atoms with Crippen molar-refractivity contribution >= 4 is 11.9 Å². The Morgan fingerprint density at radius 2 is 1.68 bits per heavy atom. The molecule has 1 atom stereocenters. The smallest absolute Gasteiger partial charge is 0.375 e. The number of ether oxygens (including phenoxy) is 4. The van der Waals surface area contributed by atoms with E-state index in [1.807, 2.05) is 30.3 Å². The van der Waals surface area contributed by atoms with E-state index in [0.717, 1.165) is 11.3 Å². The van der Waals surface area contributed by atoms with Gasteiger partial charge >= 0.3 is 11.9 Å². The van der Waals surface area contributed by atoms with Crippen LogP contribution < -0.4 is 4.74 Å². The maximum absolute atomic E-state index is 12.2. The average molecular weight is 378 g/mol. The first-order valence-electron chi connectivity index (χ1n) is 8.41. The first-order chi connectivity index (χ1) is 13.6. The molecular weight excluding hydrogens is 360 g/mol. The van der Waals surface area contributed by atoms with E-state index in [1.165, 1.54) is 14.2 Å². The zero-order valence-corrected chi connectivity index (χ0v) is 15.6. The molecule has 2 aromatic rings. The highest BCUT2D eigenvalue weighted by molar-refractivity contribution is 6.03. The van der Waals surface area contributed by atoms with Gasteiger partial charge < -0.3 is 18.9 Å². The van der Waals surface area contributed by atoms with Gasteiger partial charge in [0.15, 0.2) is 6.10 Å². The Morgan fingerprint density at radius 1 is 0.964 bits per heavy atom. The molecule has 142 valence electrons. The normalized spacial score (nSPS) is 15.4. The third-order valence-electron chi connectivity index (χ3n) is 4.20. The van der Waals surface area contributed by atoms with E-state index < -0.39 is 18.0 Å². The number of hydrogen-bond acceptors (Lipinski definition) is 6. The fourth-order valence-corrected chi connectivity index (χ4v) is 2.82. The molecule has 0 amide bonds. The number of hydrogen-bond donors (Lipinski definition) is 0. The van der Waals surface area contributed by atoms with Gasteiger partial charge in [-0.1, -0.05) is 30.0 Å². The lowest BCUT2D eigenvalue weighted by molar-refractivity contribution is -0.143. The van der Waals surface area contributed by atoms with Gasteiger partial charge in [0.1, 0.15) is 11.3 Å². The van der Waals surface area contributed by atoms with Crippen molar-refractivity contribution in [2.75, 3.05) is 21.3 Å². The van der Waals surface area contributed by atoms with Crippen molar-refractivity contribution in [1.29, 1.82) is 0 Å². The van der Waals surface area contributed by atoms with Crippen molar-refractivity contribution in [1.82, 2.24) is 0 Å². The lowest BCUT2D eigenvalue weighted by Gasteiger charge is -2.14. The highest BCUT2D eigenvalue weighted by Crippen LogP contribution is 2.37. The molecule has 0 bridgehead atoms. The van der Waals surface area contributed by atoms with Gasteiger partial charge in [-0.2, -0.15) is 0 Å². The molecule has 0 radical (unpaired) electrons. The minimum absolute atomic E-state index is 0.0219. The maximum Gasteiger partial charge on any atom is 0.375 e. The van der Waals surface area contributed by atoms with Crippen LogP contribution in [-0.2, 0) is 23.8 Å². The molecule has 0 fully saturated rings. The summed E-state index contributed by atoms with van der Waals surface area (Å²) in [6.07, 6.45) is -0.948. The van der Waals surface area contributed by atoms with E-state index in [2.05, 4.69) is 11.8 Å². The van der Waals surface area contributed by atoms with Crippen LogP contribution in [0.25, 0.3) is 0 Å². The van der Waals surface area contributed by atoms with Crippen LogP contribution in [0.2, 0.25) is 0 Å². The fourth-order valence-electron chi connectivity index (χ4n) is 2.82. The van der Waals surface area contributed by atoms with Gasteiger partial charge in [-0.15, -0.1) is 0 Å². The van der Waals surface area contributed by atoms with Crippen LogP contribution in [0.4, 0.5) is 0 Å². The number of esters is 2.